The molecular formula is C11H10ClNO2S. The van der Waals surface area contributed by atoms with Crippen LogP contribution in [0.1, 0.15) is 5.69 Å². The van der Waals surface area contributed by atoms with Crippen LogP contribution >= 0.6 is 22.9 Å². The summed E-state index contributed by atoms with van der Waals surface area (Å²) in [5.74, 6) is 0.693. The largest absolute Gasteiger partial charge is 0.498 e. The van der Waals surface area contributed by atoms with Gasteiger partial charge in [-0.3, -0.25) is 0 Å². The van der Waals surface area contributed by atoms with Crippen molar-refractivity contribution in [2.24, 2.45) is 0 Å². The van der Waals surface area contributed by atoms with E-state index in [0.29, 0.717) is 21.5 Å². The van der Waals surface area contributed by atoms with Gasteiger partial charge in [0.15, 0.2) is 5.06 Å². The lowest BCUT2D eigenvalue weighted by Crippen LogP contribution is -1.87. The standard InChI is InChI=1S/C11H10ClNO2S/c1-6-11(14)16-10(13-6)8-5-7(12)3-4-9(8)15-2/h3-5,14H,1-2H3. The van der Waals surface area contributed by atoms with Gasteiger partial charge in [-0.15, -0.1) is 0 Å². The fourth-order valence-electron chi connectivity index (χ4n) is 1.35. The van der Waals surface area contributed by atoms with Crippen molar-refractivity contribution in [1.29, 1.82) is 0 Å². The summed E-state index contributed by atoms with van der Waals surface area (Å²) in [7, 11) is 1.59. The van der Waals surface area contributed by atoms with Gasteiger partial charge < -0.3 is 9.84 Å². The maximum Gasteiger partial charge on any atom is 0.195 e. The molecule has 0 aliphatic rings. The number of benzene rings is 1. The zero-order valence-corrected chi connectivity index (χ0v) is 10.4. The molecule has 0 bridgehead atoms. The first-order chi connectivity index (χ1) is 7.61. The summed E-state index contributed by atoms with van der Waals surface area (Å²) in [4.78, 5) is 4.26. The molecule has 0 saturated carbocycles. The van der Waals surface area contributed by atoms with E-state index in [9.17, 15) is 5.11 Å². The second kappa shape index (κ2) is 4.31. The molecule has 2 aromatic rings. The molecule has 0 unspecified atom stereocenters. The van der Waals surface area contributed by atoms with Gasteiger partial charge in [0.1, 0.15) is 10.8 Å². The van der Waals surface area contributed by atoms with Gasteiger partial charge in [-0.25, -0.2) is 4.98 Å². The number of thiazole rings is 1. The summed E-state index contributed by atoms with van der Waals surface area (Å²) < 4.78 is 5.23. The van der Waals surface area contributed by atoms with Crippen LogP contribution in [0, 0.1) is 6.92 Å². The Labute approximate surface area is 102 Å². The summed E-state index contributed by atoms with van der Waals surface area (Å²) in [6.45, 7) is 1.76. The molecule has 1 aromatic carbocycles. The van der Waals surface area contributed by atoms with Crippen molar-refractivity contribution in [3.8, 4) is 21.4 Å². The van der Waals surface area contributed by atoms with E-state index in [1.165, 1.54) is 11.3 Å². The molecule has 0 saturated heterocycles. The molecule has 0 aliphatic carbocycles. The van der Waals surface area contributed by atoms with Crippen LogP contribution < -0.4 is 4.74 Å². The minimum atomic E-state index is 0.219. The van der Waals surface area contributed by atoms with E-state index in [4.69, 9.17) is 16.3 Å². The molecule has 16 heavy (non-hydrogen) atoms. The third kappa shape index (κ3) is 1.99. The molecule has 1 N–H and O–H groups in total. The number of aromatic hydroxyl groups is 1. The number of methoxy groups -OCH3 is 1. The average Bonchev–Trinajstić information content (AvgIpc) is 2.59. The Kier molecular flexibility index (Phi) is 3.03. The maximum atomic E-state index is 9.52. The van der Waals surface area contributed by atoms with Crippen molar-refractivity contribution in [3.63, 3.8) is 0 Å². The average molecular weight is 256 g/mol. The molecule has 0 fully saturated rings. The lowest BCUT2D eigenvalue weighted by Gasteiger charge is -2.05. The first-order valence-corrected chi connectivity index (χ1v) is 5.81. The lowest BCUT2D eigenvalue weighted by molar-refractivity contribution is 0.416. The van der Waals surface area contributed by atoms with Gasteiger partial charge in [-0.2, -0.15) is 0 Å². The molecule has 0 atom stereocenters. The van der Waals surface area contributed by atoms with Gasteiger partial charge in [-0.05, 0) is 25.1 Å². The van der Waals surface area contributed by atoms with Crippen molar-refractivity contribution in [1.82, 2.24) is 4.98 Å². The minimum absolute atomic E-state index is 0.219. The summed E-state index contributed by atoms with van der Waals surface area (Å²) in [5, 5.41) is 11.1. The van der Waals surface area contributed by atoms with Crippen LogP contribution in [0.2, 0.25) is 5.02 Å². The molecule has 0 radical (unpaired) electrons. The van der Waals surface area contributed by atoms with Crippen LogP contribution in [0.3, 0.4) is 0 Å². The Balaban J connectivity index is 2.57. The highest BCUT2D eigenvalue weighted by molar-refractivity contribution is 7.16. The van der Waals surface area contributed by atoms with E-state index in [-0.39, 0.29) is 5.06 Å². The normalized spacial score (nSPS) is 10.4. The van der Waals surface area contributed by atoms with Crippen molar-refractivity contribution in [2.75, 3.05) is 7.11 Å². The SMILES string of the molecule is COc1ccc(Cl)cc1-c1nc(C)c(O)s1. The predicted octanol–water partition coefficient (Wildman–Crippen LogP) is 3.49. The summed E-state index contributed by atoms with van der Waals surface area (Å²) in [6, 6.07) is 5.31. The highest BCUT2D eigenvalue weighted by atomic mass is 35.5. The van der Waals surface area contributed by atoms with Gasteiger partial charge in [0, 0.05) is 5.02 Å². The zero-order valence-electron chi connectivity index (χ0n) is 8.82. The van der Waals surface area contributed by atoms with Crippen LogP contribution in [0.15, 0.2) is 18.2 Å². The molecule has 3 nitrogen and oxygen atoms in total. The molecular weight excluding hydrogens is 246 g/mol. The Bertz CT molecular complexity index is 505. The number of hydrogen-bond acceptors (Lipinski definition) is 4. The number of ether oxygens (including phenoxy) is 1. The summed E-state index contributed by atoms with van der Waals surface area (Å²) in [5.41, 5.74) is 1.41. The number of nitrogens with zero attached hydrogens (tertiary/aromatic N) is 1. The number of aryl methyl sites for hydroxylation is 1. The molecule has 5 heteroatoms. The van der Waals surface area contributed by atoms with Crippen LogP contribution in [0.4, 0.5) is 0 Å². The minimum Gasteiger partial charge on any atom is -0.498 e. The van der Waals surface area contributed by atoms with E-state index in [1.807, 2.05) is 0 Å². The Morgan fingerprint density at radius 3 is 2.75 bits per heavy atom. The molecule has 2 rings (SSSR count). The smallest absolute Gasteiger partial charge is 0.195 e. The van der Waals surface area contributed by atoms with E-state index >= 15 is 0 Å². The second-order valence-electron chi connectivity index (χ2n) is 3.25. The Morgan fingerprint density at radius 1 is 1.44 bits per heavy atom. The van der Waals surface area contributed by atoms with Crippen LogP contribution in [0.25, 0.3) is 10.6 Å². The van der Waals surface area contributed by atoms with Crippen molar-refractivity contribution >= 4 is 22.9 Å². The van der Waals surface area contributed by atoms with Gasteiger partial charge in [-0.1, -0.05) is 22.9 Å². The highest BCUT2D eigenvalue weighted by Gasteiger charge is 2.13. The molecule has 1 aromatic heterocycles. The third-order valence-corrected chi connectivity index (χ3v) is 3.39. The predicted molar refractivity (Wildman–Crippen MR) is 65.5 cm³/mol. The number of aromatic nitrogens is 1. The number of hydrogen-bond donors (Lipinski definition) is 1. The molecule has 1 heterocycles. The van der Waals surface area contributed by atoms with Crippen LogP contribution in [-0.4, -0.2) is 17.2 Å². The Morgan fingerprint density at radius 2 is 2.19 bits per heavy atom. The molecule has 0 amide bonds. The van der Waals surface area contributed by atoms with E-state index in [1.54, 1.807) is 32.2 Å². The van der Waals surface area contributed by atoms with Crippen LogP contribution in [-0.2, 0) is 0 Å². The van der Waals surface area contributed by atoms with Gasteiger partial charge in [0.2, 0.25) is 0 Å². The van der Waals surface area contributed by atoms with Crippen molar-refractivity contribution in [2.45, 2.75) is 6.92 Å². The van der Waals surface area contributed by atoms with Crippen molar-refractivity contribution in [3.05, 3.63) is 28.9 Å². The second-order valence-corrected chi connectivity index (χ2v) is 4.67. The monoisotopic (exact) mass is 255 g/mol. The first kappa shape index (κ1) is 11.2. The quantitative estimate of drug-likeness (QED) is 0.893. The maximum absolute atomic E-state index is 9.52. The molecule has 0 spiro atoms. The fourth-order valence-corrected chi connectivity index (χ4v) is 2.35. The zero-order chi connectivity index (χ0) is 11.7. The number of rotatable bonds is 2. The molecule has 0 aliphatic heterocycles. The van der Waals surface area contributed by atoms with Gasteiger partial charge >= 0.3 is 0 Å². The van der Waals surface area contributed by atoms with Crippen LogP contribution in [0.5, 0.6) is 10.8 Å². The lowest BCUT2D eigenvalue weighted by atomic mass is 10.2. The Hall–Kier alpha value is -1.26. The fraction of sp³-hybridized carbons (Fsp3) is 0.182. The first-order valence-electron chi connectivity index (χ1n) is 4.62. The molecule has 84 valence electrons. The van der Waals surface area contributed by atoms with Gasteiger partial charge in [0.05, 0.1) is 18.4 Å². The number of halogens is 1. The van der Waals surface area contributed by atoms with E-state index < -0.39 is 0 Å². The topological polar surface area (TPSA) is 42.4 Å². The third-order valence-electron chi connectivity index (χ3n) is 2.16. The van der Waals surface area contributed by atoms with Crippen molar-refractivity contribution < 1.29 is 9.84 Å². The van der Waals surface area contributed by atoms with E-state index in [0.717, 1.165) is 5.56 Å². The van der Waals surface area contributed by atoms with Gasteiger partial charge in [0.25, 0.3) is 0 Å². The summed E-state index contributed by atoms with van der Waals surface area (Å²) >= 11 is 7.14. The highest BCUT2D eigenvalue weighted by Crippen LogP contribution is 2.38. The van der Waals surface area contributed by atoms with E-state index in [2.05, 4.69) is 4.98 Å². The summed E-state index contributed by atoms with van der Waals surface area (Å²) in [6.07, 6.45) is 0.